The molecule has 1 saturated heterocycles. The summed E-state index contributed by atoms with van der Waals surface area (Å²) in [6.07, 6.45) is -5.55. The lowest BCUT2D eigenvalue weighted by molar-refractivity contribution is -0.140. The number of hydrogen-bond donors (Lipinski definition) is 1. The number of amides is 1. The molecule has 1 aliphatic heterocycles. The van der Waals surface area contributed by atoms with Gasteiger partial charge in [0.05, 0.1) is 0 Å². The zero-order chi connectivity index (χ0) is 22.4. The minimum Gasteiger partial charge on any atom is -0.338 e. The van der Waals surface area contributed by atoms with Crippen molar-refractivity contribution in [3.8, 4) is 22.0 Å². The number of alkyl halides is 5. The van der Waals surface area contributed by atoms with Gasteiger partial charge >= 0.3 is 6.18 Å². The summed E-state index contributed by atoms with van der Waals surface area (Å²) in [5.41, 5.74) is -0.334. The molecular formula is C19H16F5N5OS. The molecule has 0 unspecified atom stereocenters. The SMILES string of the molecule is Cc1nc(-c2ccc(C(=O)N3CCC(F)(F)CC3)c(-c3nc(C(F)(F)F)cs3)c2)n[nH]1. The van der Waals surface area contributed by atoms with Crippen molar-refractivity contribution >= 4 is 17.2 Å². The summed E-state index contributed by atoms with van der Waals surface area (Å²) in [7, 11) is 0. The Bertz CT molecular complexity index is 1110. The number of hydrogen-bond acceptors (Lipinski definition) is 5. The molecule has 6 nitrogen and oxygen atoms in total. The second-order valence-electron chi connectivity index (χ2n) is 7.19. The number of rotatable bonds is 3. The van der Waals surface area contributed by atoms with E-state index in [9.17, 15) is 26.7 Å². The van der Waals surface area contributed by atoms with Crippen LogP contribution in [0.4, 0.5) is 22.0 Å². The van der Waals surface area contributed by atoms with Gasteiger partial charge in [0, 0.05) is 48.0 Å². The smallest absolute Gasteiger partial charge is 0.338 e. The van der Waals surface area contributed by atoms with Crippen molar-refractivity contribution in [2.45, 2.75) is 31.9 Å². The molecule has 3 heterocycles. The number of thiazole rings is 1. The van der Waals surface area contributed by atoms with Crippen molar-refractivity contribution in [3.63, 3.8) is 0 Å². The number of benzene rings is 1. The predicted octanol–water partition coefficient (Wildman–Crippen LogP) is 4.79. The highest BCUT2D eigenvalue weighted by atomic mass is 32.1. The topological polar surface area (TPSA) is 74.8 Å². The van der Waals surface area contributed by atoms with E-state index in [2.05, 4.69) is 20.2 Å². The molecule has 4 rings (SSSR count). The number of nitrogens with zero attached hydrogens (tertiary/aromatic N) is 4. The van der Waals surface area contributed by atoms with E-state index in [4.69, 9.17) is 0 Å². The van der Waals surface area contributed by atoms with Crippen LogP contribution in [0.1, 0.15) is 34.7 Å². The first kappa shape index (κ1) is 21.3. The number of likely N-dealkylation sites (tertiary alicyclic amines) is 1. The Labute approximate surface area is 177 Å². The quantitative estimate of drug-likeness (QED) is 0.574. The van der Waals surface area contributed by atoms with Crippen LogP contribution in [0.25, 0.3) is 22.0 Å². The Morgan fingerprint density at radius 2 is 1.90 bits per heavy atom. The van der Waals surface area contributed by atoms with Crippen LogP contribution in [0.2, 0.25) is 0 Å². The molecule has 1 N–H and O–H groups in total. The van der Waals surface area contributed by atoms with Crippen LogP contribution in [-0.2, 0) is 6.18 Å². The fourth-order valence-electron chi connectivity index (χ4n) is 3.25. The Hall–Kier alpha value is -2.89. The van der Waals surface area contributed by atoms with Crippen LogP contribution >= 0.6 is 11.3 Å². The number of H-pyrrole nitrogens is 1. The van der Waals surface area contributed by atoms with Gasteiger partial charge in [0.1, 0.15) is 10.8 Å². The van der Waals surface area contributed by atoms with Crippen molar-refractivity contribution in [3.05, 3.63) is 40.7 Å². The molecule has 0 radical (unpaired) electrons. The monoisotopic (exact) mass is 457 g/mol. The maximum absolute atomic E-state index is 13.5. The standard InChI is InChI=1S/C19H16F5N5OS/c1-10-25-15(28-27-10)11-2-3-12(17(30)29-6-4-18(20,21)5-7-29)13(8-11)16-26-14(9-31-16)19(22,23)24/h2-3,8-9H,4-7H2,1H3,(H,25,27,28). The molecule has 0 saturated carbocycles. The Kier molecular flexibility index (Phi) is 5.28. The van der Waals surface area contributed by atoms with Crippen LogP contribution < -0.4 is 0 Å². The van der Waals surface area contributed by atoms with E-state index in [1.165, 1.54) is 17.0 Å². The highest BCUT2D eigenvalue weighted by Gasteiger charge is 2.37. The minimum atomic E-state index is -4.63. The zero-order valence-electron chi connectivity index (χ0n) is 16.1. The summed E-state index contributed by atoms with van der Waals surface area (Å²) in [5.74, 6) is -2.52. The number of halogens is 5. The van der Waals surface area contributed by atoms with Crippen molar-refractivity contribution in [2.75, 3.05) is 13.1 Å². The van der Waals surface area contributed by atoms with Crippen molar-refractivity contribution < 1.29 is 26.7 Å². The molecule has 0 atom stereocenters. The molecular weight excluding hydrogens is 441 g/mol. The molecule has 1 fully saturated rings. The van der Waals surface area contributed by atoms with Crippen LogP contribution in [-0.4, -0.2) is 50.0 Å². The van der Waals surface area contributed by atoms with E-state index in [0.717, 1.165) is 16.7 Å². The second-order valence-corrected chi connectivity index (χ2v) is 8.05. The Morgan fingerprint density at radius 1 is 1.19 bits per heavy atom. The first-order valence-electron chi connectivity index (χ1n) is 9.27. The molecule has 3 aromatic rings. The molecule has 0 aliphatic carbocycles. The summed E-state index contributed by atoms with van der Waals surface area (Å²) in [4.78, 5) is 22.2. The van der Waals surface area contributed by atoms with Gasteiger partial charge in [-0.1, -0.05) is 6.07 Å². The third-order valence-electron chi connectivity index (χ3n) is 4.91. The fourth-order valence-corrected chi connectivity index (χ4v) is 4.11. The summed E-state index contributed by atoms with van der Waals surface area (Å²) in [5, 5.41) is 7.57. The average molecular weight is 457 g/mol. The van der Waals surface area contributed by atoms with Gasteiger partial charge in [-0.2, -0.15) is 18.3 Å². The number of carbonyl (C=O) groups excluding carboxylic acids is 1. The number of aromatic amines is 1. The van der Waals surface area contributed by atoms with E-state index in [-0.39, 0.29) is 29.2 Å². The van der Waals surface area contributed by atoms with Gasteiger partial charge in [-0.15, -0.1) is 11.3 Å². The van der Waals surface area contributed by atoms with Crippen LogP contribution in [0.3, 0.4) is 0 Å². The van der Waals surface area contributed by atoms with E-state index in [0.29, 0.717) is 17.2 Å². The number of aromatic nitrogens is 4. The van der Waals surface area contributed by atoms with E-state index in [1.807, 2.05) is 0 Å². The summed E-state index contributed by atoms with van der Waals surface area (Å²) in [6.45, 7) is 1.41. The van der Waals surface area contributed by atoms with Crippen molar-refractivity contribution in [1.82, 2.24) is 25.1 Å². The average Bonchev–Trinajstić information content (AvgIpc) is 3.36. The Balaban J connectivity index is 1.75. The predicted molar refractivity (Wildman–Crippen MR) is 103 cm³/mol. The lowest BCUT2D eigenvalue weighted by atomic mass is 10.0. The lowest BCUT2D eigenvalue weighted by Crippen LogP contribution is -2.42. The molecule has 31 heavy (non-hydrogen) atoms. The maximum Gasteiger partial charge on any atom is 0.434 e. The number of carbonyl (C=O) groups is 1. The highest BCUT2D eigenvalue weighted by Crippen LogP contribution is 2.37. The molecule has 1 aromatic carbocycles. The molecule has 1 aliphatic rings. The second kappa shape index (κ2) is 7.66. The highest BCUT2D eigenvalue weighted by molar-refractivity contribution is 7.13. The van der Waals surface area contributed by atoms with Crippen molar-refractivity contribution in [2.24, 2.45) is 0 Å². The van der Waals surface area contributed by atoms with E-state index >= 15 is 0 Å². The van der Waals surface area contributed by atoms with Gasteiger partial charge in [-0.25, -0.2) is 18.7 Å². The van der Waals surface area contributed by atoms with Crippen molar-refractivity contribution in [1.29, 1.82) is 0 Å². The molecule has 0 spiro atoms. The third-order valence-corrected chi connectivity index (χ3v) is 5.79. The number of piperidine rings is 1. The van der Waals surface area contributed by atoms with Crippen LogP contribution in [0.5, 0.6) is 0 Å². The van der Waals surface area contributed by atoms with Gasteiger partial charge < -0.3 is 4.90 Å². The fraction of sp³-hybridized carbons (Fsp3) is 0.368. The first-order chi connectivity index (χ1) is 14.5. The van der Waals surface area contributed by atoms with E-state index in [1.54, 1.807) is 13.0 Å². The van der Waals surface area contributed by atoms with Crippen LogP contribution in [0.15, 0.2) is 23.6 Å². The minimum absolute atomic E-state index is 0.00729. The van der Waals surface area contributed by atoms with Gasteiger partial charge in [-0.3, -0.25) is 9.89 Å². The zero-order valence-corrected chi connectivity index (χ0v) is 16.9. The van der Waals surface area contributed by atoms with Gasteiger partial charge in [0.15, 0.2) is 11.5 Å². The van der Waals surface area contributed by atoms with E-state index < -0.39 is 36.5 Å². The number of nitrogens with one attached hydrogen (secondary N) is 1. The lowest BCUT2D eigenvalue weighted by Gasteiger charge is -2.32. The Morgan fingerprint density at radius 3 is 2.48 bits per heavy atom. The largest absolute Gasteiger partial charge is 0.434 e. The first-order valence-corrected chi connectivity index (χ1v) is 10.2. The molecule has 12 heteroatoms. The molecule has 2 aromatic heterocycles. The normalized spacial score (nSPS) is 16.5. The molecule has 0 bridgehead atoms. The molecule has 164 valence electrons. The summed E-state index contributed by atoms with van der Waals surface area (Å²) in [6, 6.07) is 4.50. The summed E-state index contributed by atoms with van der Waals surface area (Å²) >= 11 is 0.746. The summed E-state index contributed by atoms with van der Waals surface area (Å²) < 4.78 is 66.1. The third kappa shape index (κ3) is 4.43. The maximum atomic E-state index is 13.5. The van der Waals surface area contributed by atoms with Gasteiger partial charge in [0.25, 0.3) is 11.8 Å². The molecule has 1 amide bonds. The van der Waals surface area contributed by atoms with Gasteiger partial charge in [0.2, 0.25) is 0 Å². The van der Waals surface area contributed by atoms with Crippen LogP contribution in [0, 0.1) is 6.92 Å². The number of aryl methyl sites for hydroxylation is 1. The van der Waals surface area contributed by atoms with Gasteiger partial charge in [-0.05, 0) is 19.1 Å².